The van der Waals surface area contributed by atoms with Crippen molar-refractivity contribution in [1.82, 2.24) is 5.48 Å². The molecule has 1 fully saturated rings. The van der Waals surface area contributed by atoms with Crippen LogP contribution in [-0.2, 0) is 19.1 Å². The van der Waals surface area contributed by atoms with Crippen LogP contribution in [0.15, 0.2) is 18.2 Å². The lowest BCUT2D eigenvalue weighted by Crippen LogP contribution is -2.26. The number of benzene rings is 1. The number of rotatable bonds is 9. The largest absolute Gasteiger partial charge is 0.353 e. The van der Waals surface area contributed by atoms with E-state index in [1.807, 2.05) is 13.0 Å². The van der Waals surface area contributed by atoms with E-state index in [0.29, 0.717) is 29.7 Å². The number of hydroxylamine groups is 1. The Bertz CT molecular complexity index is 550. The predicted octanol–water partition coefficient (Wildman–Crippen LogP) is 4.47. The van der Waals surface area contributed by atoms with Crippen molar-refractivity contribution in [3.8, 4) is 0 Å². The second-order valence-corrected chi connectivity index (χ2v) is 6.80. The fourth-order valence-corrected chi connectivity index (χ4v) is 3.06. The highest BCUT2D eigenvalue weighted by Crippen LogP contribution is 2.30. The minimum absolute atomic E-state index is 0.0428. The van der Waals surface area contributed by atoms with Crippen LogP contribution >= 0.6 is 23.2 Å². The lowest BCUT2D eigenvalue weighted by atomic mass is 9.92. The molecule has 5 nitrogen and oxygen atoms in total. The van der Waals surface area contributed by atoms with Crippen LogP contribution in [0.5, 0.6) is 0 Å². The van der Waals surface area contributed by atoms with Crippen LogP contribution in [-0.4, -0.2) is 32.0 Å². The Hall–Kier alpha value is -0.850. The molecule has 0 spiro atoms. The highest BCUT2D eigenvalue weighted by Gasteiger charge is 2.19. The third-order valence-electron chi connectivity index (χ3n) is 4.09. The van der Waals surface area contributed by atoms with Gasteiger partial charge in [-0.25, -0.2) is 5.48 Å². The van der Waals surface area contributed by atoms with Crippen LogP contribution in [0.1, 0.15) is 50.5 Å². The first-order valence-corrected chi connectivity index (χ1v) is 9.44. The van der Waals surface area contributed by atoms with Crippen molar-refractivity contribution < 1.29 is 19.1 Å². The summed E-state index contributed by atoms with van der Waals surface area (Å²) in [5.74, 6) is -0.217. The lowest BCUT2D eigenvalue weighted by molar-refractivity contribution is -0.163. The SMILES string of the molecule is CCONC(=O)CC(CCOC1CCCCO1)c1ccc(Cl)c(Cl)c1. The molecule has 1 aliphatic heterocycles. The van der Waals surface area contributed by atoms with E-state index in [2.05, 4.69) is 5.48 Å². The van der Waals surface area contributed by atoms with Gasteiger partial charge in [-0.2, -0.15) is 0 Å². The summed E-state index contributed by atoms with van der Waals surface area (Å²) in [4.78, 5) is 17.0. The summed E-state index contributed by atoms with van der Waals surface area (Å²) < 4.78 is 11.4. The predicted molar refractivity (Wildman–Crippen MR) is 97.7 cm³/mol. The van der Waals surface area contributed by atoms with Gasteiger partial charge < -0.3 is 9.47 Å². The summed E-state index contributed by atoms with van der Waals surface area (Å²) in [6.07, 6.45) is 3.95. The first-order chi connectivity index (χ1) is 12.1. The molecule has 2 rings (SSSR count). The maximum Gasteiger partial charge on any atom is 0.244 e. The Morgan fingerprint density at radius 3 is 2.88 bits per heavy atom. The maximum atomic E-state index is 12.0. The smallest absolute Gasteiger partial charge is 0.244 e. The highest BCUT2D eigenvalue weighted by atomic mass is 35.5. The number of halogens is 2. The van der Waals surface area contributed by atoms with Gasteiger partial charge in [0.15, 0.2) is 6.29 Å². The fourth-order valence-electron chi connectivity index (χ4n) is 2.76. The standard InChI is InChI=1S/C18H25Cl2NO4/c1-2-25-21-17(22)12-14(13-6-7-15(19)16(20)11-13)8-10-24-18-5-3-4-9-23-18/h6-7,11,14,18H,2-5,8-10,12H2,1H3,(H,21,22). The molecule has 1 aromatic carbocycles. The quantitative estimate of drug-likeness (QED) is 0.633. The van der Waals surface area contributed by atoms with Crippen LogP contribution in [0.2, 0.25) is 10.0 Å². The van der Waals surface area contributed by atoms with E-state index in [1.54, 1.807) is 12.1 Å². The number of ether oxygens (including phenoxy) is 2. The zero-order valence-electron chi connectivity index (χ0n) is 14.4. The van der Waals surface area contributed by atoms with Gasteiger partial charge in [0.25, 0.3) is 0 Å². The number of hydrogen-bond donors (Lipinski definition) is 1. The summed E-state index contributed by atoms with van der Waals surface area (Å²) >= 11 is 12.1. The molecule has 2 unspecified atom stereocenters. The Morgan fingerprint density at radius 2 is 2.20 bits per heavy atom. The number of carbonyl (C=O) groups excluding carboxylic acids is 1. The van der Waals surface area contributed by atoms with Gasteiger partial charge in [-0.3, -0.25) is 9.63 Å². The lowest BCUT2D eigenvalue weighted by Gasteiger charge is -2.24. The second kappa shape index (κ2) is 11.0. The van der Waals surface area contributed by atoms with Crippen LogP contribution < -0.4 is 5.48 Å². The van der Waals surface area contributed by atoms with Crippen molar-refractivity contribution in [2.75, 3.05) is 19.8 Å². The average Bonchev–Trinajstić information content (AvgIpc) is 2.62. The van der Waals surface area contributed by atoms with Gasteiger partial charge in [0, 0.05) is 13.0 Å². The number of hydrogen-bond acceptors (Lipinski definition) is 4. The first-order valence-electron chi connectivity index (χ1n) is 8.69. The number of amides is 1. The Labute approximate surface area is 158 Å². The van der Waals surface area contributed by atoms with Gasteiger partial charge in [0.2, 0.25) is 5.91 Å². The molecular weight excluding hydrogens is 365 g/mol. The second-order valence-electron chi connectivity index (χ2n) is 5.99. The average molecular weight is 390 g/mol. The molecule has 1 aromatic rings. The minimum atomic E-state index is -0.174. The summed E-state index contributed by atoms with van der Waals surface area (Å²) in [6.45, 7) is 3.50. The summed E-state index contributed by atoms with van der Waals surface area (Å²) in [7, 11) is 0. The van der Waals surface area contributed by atoms with E-state index in [4.69, 9.17) is 37.5 Å². The van der Waals surface area contributed by atoms with Gasteiger partial charge >= 0.3 is 0 Å². The molecule has 1 saturated heterocycles. The molecule has 1 aliphatic rings. The summed E-state index contributed by atoms with van der Waals surface area (Å²) in [5, 5.41) is 0.973. The molecule has 0 aliphatic carbocycles. The van der Waals surface area contributed by atoms with E-state index in [9.17, 15) is 4.79 Å². The Kier molecular flexibility index (Phi) is 8.99. The van der Waals surface area contributed by atoms with Crippen LogP contribution in [0.25, 0.3) is 0 Å². The molecule has 1 amide bonds. The molecule has 1 N–H and O–H groups in total. The van der Waals surface area contributed by atoms with Crippen LogP contribution in [0.4, 0.5) is 0 Å². The summed E-state index contributed by atoms with van der Waals surface area (Å²) in [6, 6.07) is 5.45. The third-order valence-corrected chi connectivity index (χ3v) is 4.82. The van der Waals surface area contributed by atoms with E-state index in [0.717, 1.165) is 31.4 Å². The molecular formula is C18H25Cl2NO4. The normalized spacial score (nSPS) is 18.8. The van der Waals surface area contributed by atoms with Gasteiger partial charge in [-0.15, -0.1) is 0 Å². The van der Waals surface area contributed by atoms with Gasteiger partial charge in [-0.05, 0) is 56.2 Å². The van der Waals surface area contributed by atoms with Crippen LogP contribution in [0, 0.1) is 0 Å². The minimum Gasteiger partial charge on any atom is -0.353 e. The van der Waals surface area contributed by atoms with Gasteiger partial charge in [-0.1, -0.05) is 29.3 Å². The fraction of sp³-hybridized carbons (Fsp3) is 0.611. The topological polar surface area (TPSA) is 56.8 Å². The molecule has 2 atom stereocenters. The van der Waals surface area contributed by atoms with Crippen molar-refractivity contribution >= 4 is 29.1 Å². The van der Waals surface area contributed by atoms with E-state index in [1.165, 1.54) is 0 Å². The van der Waals surface area contributed by atoms with Crippen molar-refractivity contribution in [2.24, 2.45) is 0 Å². The third kappa shape index (κ3) is 7.12. The molecule has 0 aromatic heterocycles. The monoisotopic (exact) mass is 389 g/mol. The molecule has 7 heteroatoms. The molecule has 0 bridgehead atoms. The van der Waals surface area contributed by atoms with Gasteiger partial charge in [0.05, 0.1) is 23.3 Å². The molecule has 0 radical (unpaired) electrons. The maximum absolute atomic E-state index is 12.0. The van der Waals surface area contributed by atoms with E-state index in [-0.39, 0.29) is 24.5 Å². The van der Waals surface area contributed by atoms with Gasteiger partial charge in [0.1, 0.15) is 0 Å². The molecule has 1 heterocycles. The molecule has 0 saturated carbocycles. The zero-order chi connectivity index (χ0) is 18.1. The number of carbonyl (C=O) groups is 1. The molecule has 25 heavy (non-hydrogen) atoms. The summed E-state index contributed by atoms with van der Waals surface area (Å²) in [5.41, 5.74) is 3.39. The van der Waals surface area contributed by atoms with Crippen molar-refractivity contribution in [3.63, 3.8) is 0 Å². The highest BCUT2D eigenvalue weighted by molar-refractivity contribution is 6.42. The first kappa shape index (κ1) is 20.5. The van der Waals surface area contributed by atoms with Crippen LogP contribution in [0.3, 0.4) is 0 Å². The van der Waals surface area contributed by atoms with E-state index < -0.39 is 0 Å². The Morgan fingerprint density at radius 1 is 1.36 bits per heavy atom. The number of nitrogens with one attached hydrogen (secondary N) is 1. The van der Waals surface area contributed by atoms with Crippen molar-refractivity contribution in [1.29, 1.82) is 0 Å². The zero-order valence-corrected chi connectivity index (χ0v) is 15.9. The van der Waals surface area contributed by atoms with E-state index >= 15 is 0 Å². The molecule has 140 valence electrons. The Balaban J connectivity index is 1.95. The van der Waals surface area contributed by atoms with Crippen molar-refractivity contribution in [3.05, 3.63) is 33.8 Å². The van der Waals surface area contributed by atoms with Crippen molar-refractivity contribution in [2.45, 2.75) is 51.2 Å².